The summed E-state index contributed by atoms with van der Waals surface area (Å²) in [6.45, 7) is 7.48. The Kier molecular flexibility index (Phi) is 4.26. The first-order chi connectivity index (χ1) is 8.92. The van der Waals surface area contributed by atoms with Crippen molar-refractivity contribution in [3.05, 3.63) is 22.2 Å². The van der Waals surface area contributed by atoms with Crippen molar-refractivity contribution < 1.29 is 9.47 Å². The quantitative estimate of drug-likeness (QED) is 0.925. The molecule has 0 aromatic heterocycles. The van der Waals surface area contributed by atoms with Gasteiger partial charge in [-0.3, -0.25) is 0 Å². The Labute approximate surface area is 120 Å². The maximum Gasteiger partial charge on any atom is 0.164 e. The van der Waals surface area contributed by atoms with Crippen LogP contribution in [-0.2, 0) is 12.8 Å². The molecule has 1 aromatic rings. The van der Waals surface area contributed by atoms with Crippen LogP contribution in [0, 0.1) is 0 Å². The highest BCUT2D eigenvalue weighted by atomic mass is 35.5. The summed E-state index contributed by atoms with van der Waals surface area (Å²) in [4.78, 5) is 0. The van der Waals surface area contributed by atoms with Crippen molar-refractivity contribution in [1.29, 1.82) is 0 Å². The average Bonchev–Trinajstić information content (AvgIpc) is 2.53. The van der Waals surface area contributed by atoms with Gasteiger partial charge in [0.15, 0.2) is 11.5 Å². The Morgan fingerprint density at radius 2 is 1.95 bits per heavy atom. The van der Waals surface area contributed by atoms with Crippen molar-refractivity contribution in [2.24, 2.45) is 5.73 Å². The van der Waals surface area contributed by atoms with Crippen LogP contribution in [0.1, 0.15) is 38.3 Å². The second kappa shape index (κ2) is 5.59. The van der Waals surface area contributed by atoms with Crippen LogP contribution in [0.15, 0.2) is 6.07 Å². The molecule has 0 bridgehead atoms. The molecule has 2 N–H and O–H groups in total. The molecule has 106 valence electrons. The van der Waals surface area contributed by atoms with Crippen LogP contribution in [0.3, 0.4) is 0 Å². The fourth-order valence-corrected chi connectivity index (χ4v) is 2.68. The Morgan fingerprint density at radius 3 is 2.58 bits per heavy atom. The maximum atomic E-state index is 6.41. The van der Waals surface area contributed by atoms with Gasteiger partial charge in [-0.25, -0.2) is 0 Å². The van der Waals surface area contributed by atoms with E-state index in [0.717, 1.165) is 46.9 Å². The zero-order valence-corrected chi connectivity index (χ0v) is 12.6. The van der Waals surface area contributed by atoms with Gasteiger partial charge < -0.3 is 15.2 Å². The number of hydrogen-bond donors (Lipinski definition) is 1. The monoisotopic (exact) mass is 283 g/mol. The average molecular weight is 284 g/mol. The Balaban J connectivity index is 2.51. The highest BCUT2D eigenvalue weighted by Crippen LogP contribution is 2.41. The van der Waals surface area contributed by atoms with Crippen molar-refractivity contribution in [2.45, 2.75) is 45.6 Å². The lowest BCUT2D eigenvalue weighted by molar-refractivity contribution is 0.296. The van der Waals surface area contributed by atoms with Gasteiger partial charge >= 0.3 is 0 Å². The smallest absolute Gasteiger partial charge is 0.164 e. The van der Waals surface area contributed by atoms with Crippen molar-refractivity contribution in [3.8, 4) is 11.5 Å². The summed E-state index contributed by atoms with van der Waals surface area (Å²) in [5, 5.41) is 0.722. The van der Waals surface area contributed by atoms with Gasteiger partial charge in [-0.1, -0.05) is 18.5 Å². The highest BCUT2D eigenvalue weighted by molar-refractivity contribution is 6.31. The largest absolute Gasteiger partial charge is 0.489 e. The molecular formula is C15H22ClNO2. The first kappa shape index (κ1) is 14.5. The van der Waals surface area contributed by atoms with Gasteiger partial charge in [0.05, 0.1) is 13.2 Å². The molecule has 0 spiro atoms. The summed E-state index contributed by atoms with van der Waals surface area (Å²) in [7, 11) is 0. The topological polar surface area (TPSA) is 44.5 Å². The third kappa shape index (κ3) is 3.34. The standard InChI is InChI=1S/C15H22ClNO2/c1-4-10-11(9-15(2,3)17)12(16)8-13-14(10)19-7-5-6-18-13/h8H,4-7,9,17H2,1-3H3. The van der Waals surface area contributed by atoms with E-state index in [0.29, 0.717) is 13.2 Å². The van der Waals surface area contributed by atoms with Crippen LogP contribution >= 0.6 is 11.6 Å². The lowest BCUT2D eigenvalue weighted by Crippen LogP contribution is -2.35. The van der Waals surface area contributed by atoms with E-state index >= 15 is 0 Å². The number of benzene rings is 1. The third-order valence-electron chi connectivity index (χ3n) is 3.19. The molecule has 0 amide bonds. The number of fused-ring (bicyclic) bond motifs is 1. The minimum absolute atomic E-state index is 0.298. The van der Waals surface area contributed by atoms with Crippen LogP contribution in [0.4, 0.5) is 0 Å². The molecule has 0 atom stereocenters. The summed E-state index contributed by atoms with van der Waals surface area (Å²) in [6, 6.07) is 1.86. The van der Waals surface area contributed by atoms with E-state index in [2.05, 4.69) is 6.92 Å². The fraction of sp³-hybridized carbons (Fsp3) is 0.600. The minimum Gasteiger partial charge on any atom is -0.489 e. The summed E-state index contributed by atoms with van der Waals surface area (Å²) in [5.41, 5.74) is 8.05. The van der Waals surface area contributed by atoms with Gasteiger partial charge in [0.2, 0.25) is 0 Å². The molecular weight excluding hydrogens is 262 g/mol. The van der Waals surface area contributed by atoms with Crippen LogP contribution in [0.25, 0.3) is 0 Å². The van der Waals surface area contributed by atoms with Gasteiger partial charge in [-0.2, -0.15) is 0 Å². The predicted molar refractivity (Wildman–Crippen MR) is 78.4 cm³/mol. The van der Waals surface area contributed by atoms with Crippen molar-refractivity contribution in [2.75, 3.05) is 13.2 Å². The van der Waals surface area contributed by atoms with Crippen molar-refractivity contribution in [3.63, 3.8) is 0 Å². The van der Waals surface area contributed by atoms with Crippen LogP contribution < -0.4 is 15.2 Å². The second-order valence-electron chi connectivity index (χ2n) is 5.71. The lowest BCUT2D eigenvalue weighted by Gasteiger charge is -2.23. The van der Waals surface area contributed by atoms with Gasteiger partial charge in [-0.05, 0) is 32.3 Å². The number of rotatable bonds is 3. The van der Waals surface area contributed by atoms with Crippen LogP contribution in [0.2, 0.25) is 5.02 Å². The first-order valence-corrected chi connectivity index (χ1v) is 7.19. The minimum atomic E-state index is -0.298. The molecule has 0 unspecified atom stereocenters. The molecule has 19 heavy (non-hydrogen) atoms. The number of halogens is 1. The summed E-state index contributed by atoms with van der Waals surface area (Å²) < 4.78 is 11.6. The van der Waals surface area contributed by atoms with E-state index in [1.165, 1.54) is 0 Å². The molecule has 4 heteroatoms. The number of ether oxygens (including phenoxy) is 2. The second-order valence-corrected chi connectivity index (χ2v) is 6.12. The molecule has 0 saturated carbocycles. The van der Waals surface area contributed by atoms with Crippen LogP contribution in [-0.4, -0.2) is 18.8 Å². The van der Waals surface area contributed by atoms with E-state index < -0.39 is 0 Å². The third-order valence-corrected chi connectivity index (χ3v) is 3.52. The van der Waals surface area contributed by atoms with E-state index in [4.69, 9.17) is 26.8 Å². The zero-order chi connectivity index (χ0) is 14.0. The Bertz CT molecular complexity index is 466. The maximum absolute atomic E-state index is 6.41. The summed E-state index contributed by atoms with van der Waals surface area (Å²) in [5.74, 6) is 1.61. The highest BCUT2D eigenvalue weighted by Gasteiger charge is 2.23. The molecule has 0 radical (unpaired) electrons. The molecule has 1 aliphatic heterocycles. The van der Waals surface area contributed by atoms with Gasteiger partial charge in [0.1, 0.15) is 0 Å². The van der Waals surface area contributed by atoms with Gasteiger partial charge in [0.25, 0.3) is 0 Å². The zero-order valence-electron chi connectivity index (χ0n) is 11.9. The molecule has 1 aromatic carbocycles. The molecule has 0 aliphatic carbocycles. The van der Waals surface area contributed by atoms with E-state index in [1.54, 1.807) is 0 Å². The molecule has 3 nitrogen and oxygen atoms in total. The molecule has 0 fully saturated rings. The van der Waals surface area contributed by atoms with Crippen LogP contribution in [0.5, 0.6) is 11.5 Å². The van der Waals surface area contributed by atoms with E-state index in [1.807, 2.05) is 19.9 Å². The van der Waals surface area contributed by atoms with Gasteiger partial charge in [0, 0.05) is 28.6 Å². The van der Waals surface area contributed by atoms with Crippen molar-refractivity contribution in [1.82, 2.24) is 0 Å². The Morgan fingerprint density at radius 1 is 1.26 bits per heavy atom. The first-order valence-electron chi connectivity index (χ1n) is 6.81. The Hall–Kier alpha value is -0.930. The molecule has 1 aliphatic rings. The van der Waals surface area contributed by atoms with E-state index in [-0.39, 0.29) is 5.54 Å². The molecule has 0 saturated heterocycles. The van der Waals surface area contributed by atoms with E-state index in [9.17, 15) is 0 Å². The lowest BCUT2D eigenvalue weighted by atomic mass is 9.91. The van der Waals surface area contributed by atoms with Crippen molar-refractivity contribution >= 4 is 11.6 Å². The fourth-order valence-electron chi connectivity index (χ4n) is 2.40. The summed E-state index contributed by atoms with van der Waals surface area (Å²) in [6.07, 6.45) is 2.48. The molecule has 1 heterocycles. The SMILES string of the molecule is CCc1c(CC(C)(C)N)c(Cl)cc2c1OCCCO2. The normalized spacial score (nSPS) is 15.2. The predicted octanol–water partition coefficient (Wildman–Crippen LogP) is 3.34. The van der Waals surface area contributed by atoms with Gasteiger partial charge in [-0.15, -0.1) is 0 Å². The molecule has 2 rings (SSSR count). The number of nitrogens with two attached hydrogens (primary N) is 1. The number of hydrogen-bond acceptors (Lipinski definition) is 3. The summed E-state index contributed by atoms with van der Waals surface area (Å²) >= 11 is 6.41.